The van der Waals surface area contributed by atoms with E-state index < -0.39 is 28.5 Å². The van der Waals surface area contributed by atoms with Gasteiger partial charge in [0.25, 0.3) is 10.0 Å². The lowest BCUT2D eigenvalue weighted by atomic mass is 10.1. The number of sulfonamides is 1. The summed E-state index contributed by atoms with van der Waals surface area (Å²) in [6.45, 7) is 7.23. The lowest BCUT2D eigenvalue weighted by molar-refractivity contribution is -0.140. The average Bonchev–Trinajstić information content (AvgIpc) is 2.89. The standard InChI is InChI=1S/C29H35N3O4S/c1-6-26(29(34)30-5)31(19-24-16-13-21(2)14-17-24)28(33)20-32(27-18-22(3)12-15-23(27)4)37(35,36)25-10-8-7-9-11-25/h7-18,26H,6,19-20H2,1-5H3,(H,30,34)/t26-/m0/s1. The number of carbonyl (C=O) groups is 2. The van der Waals surface area contributed by atoms with Gasteiger partial charge in [0.05, 0.1) is 10.6 Å². The Kier molecular flexibility index (Phi) is 9.10. The van der Waals surface area contributed by atoms with E-state index in [2.05, 4.69) is 5.32 Å². The zero-order valence-electron chi connectivity index (χ0n) is 22.1. The van der Waals surface area contributed by atoms with Gasteiger partial charge in [-0.05, 0) is 62.1 Å². The number of amides is 2. The van der Waals surface area contributed by atoms with Crippen molar-refractivity contribution in [3.63, 3.8) is 0 Å². The van der Waals surface area contributed by atoms with Crippen LogP contribution in [0.1, 0.15) is 35.6 Å². The van der Waals surface area contributed by atoms with Crippen LogP contribution in [0.25, 0.3) is 0 Å². The maximum atomic E-state index is 13.9. The second-order valence-corrected chi connectivity index (χ2v) is 11.0. The van der Waals surface area contributed by atoms with Gasteiger partial charge in [0.1, 0.15) is 12.6 Å². The van der Waals surface area contributed by atoms with Crippen molar-refractivity contribution in [2.45, 2.75) is 51.6 Å². The second kappa shape index (κ2) is 12.1. The number of hydrogen-bond donors (Lipinski definition) is 1. The fourth-order valence-corrected chi connectivity index (χ4v) is 5.69. The fourth-order valence-electron chi connectivity index (χ4n) is 4.20. The Morgan fingerprint density at radius 1 is 0.892 bits per heavy atom. The van der Waals surface area contributed by atoms with Crippen LogP contribution in [0.15, 0.2) is 77.7 Å². The van der Waals surface area contributed by atoms with Crippen LogP contribution in [0.2, 0.25) is 0 Å². The molecule has 8 heteroatoms. The molecule has 0 aliphatic heterocycles. The van der Waals surface area contributed by atoms with Gasteiger partial charge in [-0.2, -0.15) is 0 Å². The van der Waals surface area contributed by atoms with E-state index >= 15 is 0 Å². The van der Waals surface area contributed by atoms with Crippen molar-refractivity contribution in [2.75, 3.05) is 17.9 Å². The highest BCUT2D eigenvalue weighted by Crippen LogP contribution is 2.28. The summed E-state index contributed by atoms with van der Waals surface area (Å²) in [7, 11) is -2.54. The van der Waals surface area contributed by atoms with Gasteiger partial charge >= 0.3 is 0 Å². The van der Waals surface area contributed by atoms with Gasteiger partial charge in [-0.3, -0.25) is 13.9 Å². The summed E-state index contributed by atoms with van der Waals surface area (Å²) in [5.41, 5.74) is 3.96. The number of rotatable bonds is 10. The number of nitrogens with zero attached hydrogens (tertiary/aromatic N) is 2. The Morgan fingerprint density at radius 2 is 1.51 bits per heavy atom. The van der Waals surface area contributed by atoms with Crippen LogP contribution >= 0.6 is 0 Å². The summed E-state index contributed by atoms with van der Waals surface area (Å²) in [6, 6.07) is 20.5. The number of hydrogen-bond acceptors (Lipinski definition) is 4. The molecule has 0 fully saturated rings. The van der Waals surface area contributed by atoms with Crippen molar-refractivity contribution >= 4 is 27.5 Å². The highest BCUT2D eigenvalue weighted by Gasteiger charge is 2.33. The van der Waals surface area contributed by atoms with Crippen molar-refractivity contribution < 1.29 is 18.0 Å². The van der Waals surface area contributed by atoms with E-state index in [1.807, 2.05) is 64.1 Å². The van der Waals surface area contributed by atoms with E-state index in [1.165, 1.54) is 24.1 Å². The van der Waals surface area contributed by atoms with Gasteiger partial charge in [-0.15, -0.1) is 0 Å². The molecular weight excluding hydrogens is 486 g/mol. The topological polar surface area (TPSA) is 86.8 Å². The molecule has 1 atom stereocenters. The van der Waals surface area contributed by atoms with Crippen molar-refractivity contribution in [3.8, 4) is 0 Å². The summed E-state index contributed by atoms with van der Waals surface area (Å²) >= 11 is 0. The third-order valence-electron chi connectivity index (χ3n) is 6.35. The molecule has 3 rings (SSSR count). The lowest BCUT2D eigenvalue weighted by Crippen LogP contribution is -2.51. The van der Waals surface area contributed by atoms with Crippen LogP contribution in [0, 0.1) is 20.8 Å². The molecule has 0 heterocycles. The molecule has 196 valence electrons. The van der Waals surface area contributed by atoms with E-state index in [0.717, 1.165) is 26.6 Å². The minimum Gasteiger partial charge on any atom is -0.357 e. The Bertz CT molecular complexity index is 1340. The van der Waals surface area contributed by atoms with E-state index in [4.69, 9.17) is 0 Å². The Morgan fingerprint density at radius 3 is 2.11 bits per heavy atom. The van der Waals surface area contributed by atoms with Crippen molar-refractivity contribution in [1.82, 2.24) is 10.2 Å². The van der Waals surface area contributed by atoms with Gasteiger partial charge in [0.2, 0.25) is 11.8 Å². The molecule has 3 aromatic rings. The molecule has 0 saturated heterocycles. The molecule has 0 radical (unpaired) electrons. The molecule has 0 spiro atoms. The Balaban J connectivity index is 2.09. The number of likely N-dealkylation sites (N-methyl/N-ethyl adjacent to an activating group) is 1. The van der Waals surface area contributed by atoms with Crippen molar-refractivity contribution in [2.24, 2.45) is 0 Å². The summed E-state index contributed by atoms with van der Waals surface area (Å²) in [5.74, 6) is -0.761. The molecule has 37 heavy (non-hydrogen) atoms. The third kappa shape index (κ3) is 6.57. The van der Waals surface area contributed by atoms with E-state index in [0.29, 0.717) is 12.1 Å². The van der Waals surface area contributed by atoms with Crippen LogP contribution in [0.4, 0.5) is 5.69 Å². The molecule has 7 nitrogen and oxygen atoms in total. The molecule has 2 amide bonds. The van der Waals surface area contributed by atoms with Crippen LogP contribution in [-0.4, -0.2) is 44.8 Å². The van der Waals surface area contributed by atoms with Crippen molar-refractivity contribution in [3.05, 3.63) is 95.1 Å². The summed E-state index contributed by atoms with van der Waals surface area (Å²) in [4.78, 5) is 28.3. The molecular formula is C29H35N3O4S. The quantitative estimate of drug-likeness (QED) is 0.430. The summed E-state index contributed by atoms with van der Waals surface area (Å²) in [5, 5.41) is 2.64. The SMILES string of the molecule is CC[C@@H](C(=O)NC)N(Cc1ccc(C)cc1)C(=O)CN(c1cc(C)ccc1C)S(=O)(=O)c1ccccc1. The number of carbonyl (C=O) groups excluding carboxylic acids is 2. The minimum absolute atomic E-state index is 0.0899. The lowest BCUT2D eigenvalue weighted by Gasteiger charge is -2.33. The maximum Gasteiger partial charge on any atom is 0.264 e. The zero-order valence-corrected chi connectivity index (χ0v) is 22.9. The molecule has 0 aliphatic carbocycles. The summed E-state index contributed by atoms with van der Waals surface area (Å²) < 4.78 is 28.9. The Labute approximate surface area is 220 Å². The monoisotopic (exact) mass is 521 g/mol. The molecule has 1 N–H and O–H groups in total. The molecule has 0 bridgehead atoms. The van der Waals surface area contributed by atoms with Gasteiger partial charge in [0, 0.05) is 13.6 Å². The number of aryl methyl sites for hydroxylation is 3. The first-order chi connectivity index (χ1) is 17.6. The fraction of sp³-hybridized carbons (Fsp3) is 0.310. The third-order valence-corrected chi connectivity index (χ3v) is 8.12. The summed E-state index contributed by atoms with van der Waals surface area (Å²) in [6.07, 6.45) is 0.381. The molecule has 0 aliphatic rings. The van der Waals surface area contributed by atoms with Gasteiger partial charge in [0.15, 0.2) is 0 Å². The second-order valence-electron chi connectivity index (χ2n) is 9.16. The van der Waals surface area contributed by atoms with E-state index in [-0.39, 0.29) is 17.3 Å². The number of benzene rings is 3. The van der Waals surface area contributed by atoms with Crippen LogP contribution in [0.5, 0.6) is 0 Å². The van der Waals surface area contributed by atoms with Crippen molar-refractivity contribution in [1.29, 1.82) is 0 Å². The van der Waals surface area contributed by atoms with Gasteiger partial charge in [-0.25, -0.2) is 8.42 Å². The maximum absolute atomic E-state index is 13.9. The first kappa shape index (κ1) is 27.9. The van der Waals surface area contributed by atoms with Gasteiger partial charge < -0.3 is 10.2 Å². The molecule has 0 unspecified atom stereocenters. The van der Waals surface area contributed by atoms with Crippen LogP contribution < -0.4 is 9.62 Å². The Hall–Kier alpha value is -3.65. The minimum atomic E-state index is -4.07. The highest BCUT2D eigenvalue weighted by molar-refractivity contribution is 7.92. The molecule has 3 aromatic carbocycles. The first-order valence-electron chi connectivity index (χ1n) is 12.3. The smallest absolute Gasteiger partial charge is 0.264 e. The molecule has 0 saturated carbocycles. The number of nitrogens with one attached hydrogen (secondary N) is 1. The van der Waals surface area contributed by atoms with E-state index in [9.17, 15) is 18.0 Å². The first-order valence-corrected chi connectivity index (χ1v) is 13.7. The van der Waals surface area contributed by atoms with Gasteiger partial charge in [-0.1, -0.05) is 67.1 Å². The average molecular weight is 522 g/mol. The highest BCUT2D eigenvalue weighted by atomic mass is 32.2. The predicted molar refractivity (Wildman–Crippen MR) is 147 cm³/mol. The zero-order chi connectivity index (χ0) is 27.2. The largest absolute Gasteiger partial charge is 0.357 e. The van der Waals surface area contributed by atoms with Crippen LogP contribution in [-0.2, 0) is 26.2 Å². The predicted octanol–water partition coefficient (Wildman–Crippen LogP) is 4.36. The molecule has 0 aromatic heterocycles. The number of anilines is 1. The van der Waals surface area contributed by atoms with Crippen LogP contribution in [0.3, 0.4) is 0 Å². The normalized spacial score (nSPS) is 12.0. The van der Waals surface area contributed by atoms with E-state index in [1.54, 1.807) is 24.3 Å².